The van der Waals surface area contributed by atoms with Crippen LogP contribution in [0.25, 0.3) is 0 Å². The second kappa shape index (κ2) is 7.77. The van der Waals surface area contributed by atoms with Crippen molar-refractivity contribution in [2.75, 3.05) is 6.54 Å². The number of carbonyl (C=O) groups excluding carboxylic acids is 4. The van der Waals surface area contributed by atoms with Crippen molar-refractivity contribution in [2.24, 2.45) is 12.8 Å². The van der Waals surface area contributed by atoms with E-state index in [1.54, 1.807) is 24.1 Å². The van der Waals surface area contributed by atoms with Crippen LogP contribution in [0.4, 0.5) is 0 Å². The number of amides is 4. The Morgan fingerprint density at radius 3 is 2.78 bits per heavy atom. The molecule has 27 heavy (non-hydrogen) atoms. The molecule has 1 aromatic rings. The van der Waals surface area contributed by atoms with Gasteiger partial charge in [0.25, 0.3) is 0 Å². The zero-order valence-corrected chi connectivity index (χ0v) is 15.2. The Labute approximate surface area is 156 Å². The van der Waals surface area contributed by atoms with Crippen molar-refractivity contribution in [2.45, 2.75) is 50.2 Å². The van der Waals surface area contributed by atoms with E-state index >= 15 is 0 Å². The molecule has 0 saturated carbocycles. The van der Waals surface area contributed by atoms with Crippen LogP contribution in [0.15, 0.2) is 12.5 Å². The van der Waals surface area contributed by atoms with E-state index in [2.05, 4.69) is 15.6 Å². The van der Waals surface area contributed by atoms with Crippen LogP contribution in [0, 0.1) is 0 Å². The predicted octanol–water partition coefficient (Wildman–Crippen LogP) is -1.80. The fraction of sp³-hybridized carbons (Fsp3) is 0.588. The van der Waals surface area contributed by atoms with Crippen molar-refractivity contribution in [1.29, 1.82) is 0 Å². The van der Waals surface area contributed by atoms with Crippen LogP contribution in [0.5, 0.6) is 0 Å². The molecule has 10 nitrogen and oxygen atoms in total. The molecule has 0 spiro atoms. The van der Waals surface area contributed by atoms with E-state index in [1.165, 1.54) is 4.90 Å². The van der Waals surface area contributed by atoms with Crippen LogP contribution < -0.4 is 16.4 Å². The van der Waals surface area contributed by atoms with Gasteiger partial charge >= 0.3 is 0 Å². The molecule has 0 aliphatic carbocycles. The van der Waals surface area contributed by atoms with Crippen molar-refractivity contribution in [3.05, 3.63) is 18.2 Å². The number of nitrogens with two attached hydrogens (primary N) is 1. The molecule has 2 aliphatic rings. The molecule has 3 rings (SSSR count). The van der Waals surface area contributed by atoms with Crippen LogP contribution in [0.1, 0.15) is 31.4 Å². The van der Waals surface area contributed by atoms with Crippen LogP contribution >= 0.6 is 0 Å². The lowest BCUT2D eigenvalue weighted by atomic mass is 10.1. The van der Waals surface area contributed by atoms with E-state index in [1.807, 2.05) is 0 Å². The zero-order valence-electron chi connectivity index (χ0n) is 15.2. The van der Waals surface area contributed by atoms with Gasteiger partial charge in [-0.1, -0.05) is 0 Å². The molecule has 0 radical (unpaired) electrons. The van der Waals surface area contributed by atoms with Gasteiger partial charge in [-0.05, 0) is 19.3 Å². The van der Waals surface area contributed by atoms with Crippen molar-refractivity contribution < 1.29 is 19.2 Å². The van der Waals surface area contributed by atoms with Crippen molar-refractivity contribution in [3.8, 4) is 0 Å². The molecular weight excluding hydrogens is 352 g/mol. The summed E-state index contributed by atoms with van der Waals surface area (Å²) in [6.07, 6.45) is 5.34. The number of nitrogens with one attached hydrogen (secondary N) is 2. The molecule has 0 aromatic carbocycles. The summed E-state index contributed by atoms with van der Waals surface area (Å²) in [4.78, 5) is 54.1. The van der Waals surface area contributed by atoms with Crippen LogP contribution in [0.2, 0.25) is 0 Å². The van der Waals surface area contributed by atoms with Gasteiger partial charge in [0.2, 0.25) is 23.6 Å². The van der Waals surface area contributed by atoms with E-state index < -0.39 is 29.9 Å². The Balaban J connectivity index is 1.77. The average molecular weight is 376 g/mol. The standard InChI is InChI=1S/C17H24N6O4/c1-22-9-19-8-10(22)7-12(21-16(26)11-4-5-14(24)20-11)17(27)23-6-2-3-13(23)15(18)25/h8-9,11-13H,2-7H2,1H3,(H2,18,25)(H,20,24)(H,21,26)/t11-,12-,13-/m0/s1. The van der Waals surface area contributed by atoms with E-state index in [4.69, 9.17) is 5.73 Å². The lowest BCUT2D eigenvalue weighted by molar-refractivity contribution is -0.140. The summed E-state index contributed by atoms with van der Waals surface area (Å²) in [5, 5.41) is 5.34. The first-order chi connectivity index (χ1) is 12.9. The van der Waals surface area contributed by atoms with Crippen molar-refractivity contribution in [1.82, 2.24) is 25.1 Å². The molecule has 146 valence electrons. The van der Waals surface area contributed by atoms with Gasteiger partial charge in [-0.3, -0.25) is 19.2 Å². The predicted molar refractivity (Wildman–Crippen MR) is 93.9 cm³/mol. The van der Waals surface area contributed by atoms with E-state index in [0.717, 1.165) is 5.69 Å². The number of aryl methyl sites for hydroxylation is 1. The summed E-state index contributed by atoms with van der Waals surface area (Å²) in [7, 11) is 1.80. The Kier molecular flexibility index (Phi) is 5.43. The summed E-state index contributed by atoms with van der Waals surface area (Å²) < 4.78 is 1.76. The van der Waals surface area contributed by atoms with Gasteiger partial charge in [0.05, 0.1) is 6.33 Å². The minimum atomic E-state index is -0.870. The summed E-state index contributed by atoms with van der Waals surface area (Å²) in [5.41, 5.74) is 6.18. The van der Waals surface area contributed by atoms with Gasteiger partial charge in [-0.2, -0.15) is 0 Å². The lowest BCUT2D eigenvalue weighted by Gasteiger charge is -2.28. The molecule has 10 heteroatoms. The Hall–Kier alpha value is -2.91. The third-order valence-electron chi connectivity index (χ3n) is 5.12. The van der Waals surface area contributed by atoms with Gasteiger partial charge in [0.15, 0.2) is 0 Å². The van der Waals surface area contributed by atoms with Gasteiger partial charge in [-0.15, -0.1) is 0 Å². The smallest absolute Gasteiger partial charge is 0.246 e. The summed E-state index contributed by atoms with van der Waals surface area (Å²) in [6.45, 7) is 0.421. The summed E-state index contributed by atoms with van der Waals surface area (Å²) >= 11 is 0. The maximum atomic E-state index is 13.1. The van der Waals surface area contributed by atoms with Gasteiger partial charge in [-0.25, -0.2) is 4.98 Å². The molecular formula is C17H24N6O4. The third-order valence-corrected chi connectivity index (χ3v) is 5.12. The van der Waals surface area contributed by atoms with Crippen molar-refractivity contribution in [3.63, 3.8) is 0 Å². The highest BCUT2D eigenvalue weighted by atomic mass is 16.2. The highest BCUT2D eigenvalue weighted by Gasteiger charge is 2.38. The maximum Gasteiger partial charge on any atom is 0.246 e. The average Bonchev–Trinajstić information content (AvgIpc) is 3.35. The first kappa shape index (κ1) is 18.9. The van der Waals surface area contributed by atoms with Crippen LogP contribution in [-0.4, -0.2) is 62.7 Å². The molecule has 3 atom stereocenters. The third kappa shape index (κ3) is 4.09. The Morgan fingerprint density at radius 1 is 1.41 bits per heavy atom. The molecule has 2 saturated heterocycles. The minimum Gasteiger partial charge on any atom is -0.368 e. The van der Waals surface area contributed by atoms with Crippen LogP contribution in [-0.2, 0) is 32.6 Å². The summed E-state index contributed by atoms with van der Waals surface area (Å²) in [6, 6.07) is -2.18. The van der Waals surface area contributed by atoms with Gasteiger partial charge in [0, 0.05) is 38.3 Å². The molecule has 1 aromatic heterocycles. The monoisotopic (exact) mass is 376 g/mol. The number of rotatable bonds is 6. The fourth-order valence-electron chi connectivity index (χ4n) is 3.60. The SMILES string of the molecule is Cn1cncc1C[C@H](NC(=O)[C@@H]1CCC(=O)N1)C(=O)N1CCC[C@H]1C(N)=O. The molecule has 3 heterocycles. The molecule has 2 aliphatic heterocycles. The molecule has 0 bridgehead atoms. The summed E-state index contributed by atoms with van der Waals surface area (Å²) in [5.74, 6) is -1.49. The molecule has 4 amide bonds. The normalized spacial score (nSPS) is 23.1. The van der Waals surface area contributed by atoms with Crippen molar-refractivity contribution >= 4 is 23.6 Å². The van der Waals surface area contributed by atoms with E-state index in [-0.39, 0.29) is 24.7 Å². The highest BCUT2D eigenvalue weighted by Crippen LogP contribution is 2.19. The quantitative estimate of drug-likeness (QED) is 0.538. The van der Waals surface area contributed by atoms with E-state index in [9.17, 15) is 19.2 Å². The first-order valence-corrected chi connectivity index (χ1v) is 9.01. The zero-order chi connectivity index (χ0) is 19.6. The fourth-order valence-corrected chi connectivity index (χ4v) is 3.60. The largest absolute Gasteiger partial charge is 0.368 e. The number of hydrogen-bond donors (Lipinski definition) is 3. The minimum absolute atomic E-state index is 0.182. The number of likely N-dealkylation sites (tertiary alicyclic amines) is 1. The second-order valence-electron chi connectivity index (χ2n) is 7.01. The Bertz CT molecular complexity index is 760. The number of imidazole rings is 1. The highest BCUT2D eigenvalue weighted by molar-refractivity contribution is 5.95. The topological polar surface area (TPSA) is 139 Å². The van der Waals surface area contributed by atoms with E-state index in [0.29, 0.717) is 25.8 Å². The first-order valence-electron chi connectivity index (χ1n) is 9.01. The van der Waals surface area contributed by atoms with Gasteiger partial charge in [0.1, 0.15) is 18.1 Å². The van der Waals surface area contributed by atoms with Crippen LogP contribution in [0.3, 0.4) is 0 Å². The molecule has 4 N–H and O–H groups in total. The maximum absolute atomic E-state index is 13.1. The number of aromatic nitrogens is 2. The number of nitrogens with zero attached hydrogens (tertiary/aromatic N) is 3. The van der Waals surface area contributed by atoms with Gasteiger partial charge < -0.3 is 25.8 Å². The lowest BCUT2D eigenvalue weighted by Crippen LogP contribution is -2.56. The number of primary amides is 1. The molecule has 0 unspecified atom stereocenters. The molecule has 2 fully saturated rings. The number of hydrogen-bond acceptors (Lipinski definition) is 5. The Morgan fingerprint density at radius 2 is 2.19 bits per heavy atom. The second-order valence-corrected chi connectivity index (χ2v) is 7.01. The number of carbonyl (C=O) groups is 4.